The summed E-state index contributed by atoms with van der Waals surface area (Å²) in [5, 5.41) is 5.30. The van der Waals surface area contributed by atoms with Crippen LogP contribution in [0.3, 0.4) is 0 Å². The molecule has 128 valence electrons. The molecule has 2 N–H and O–H groups in total. The number of carbonyl (C=O) groups is 3. The molecule has 0 radical (unpaired) electrons. The number of hydrogen-bond donors (Lipinski definition) is 2. The number of nitrogens with one attached hydrogen (secondary N) is 2. The Hall–Kier alpha value is -2.44. The zero-order valence-corrected chi connectivity index (χ0v) is 13.6. The molecule has 7 heteroatoms. The van der Waals surface area contributed by atoms with Crippen molar-refractivity contribution in [3.05, 3.63) is 35.6 Å². The summed E-state index contributed by atoms with van der Waals surface area (Å²) >= 11 is 0. The Bertz CT molecular complexity index is 704. The Balaban J connectivity index is 1.74. The highest BCUT2D eigenvalue weighted by Crippen LogP contribution is 2.32. The van der Waals surface area contributed by atoms with Gasteiger partial charge in [-0.1, -0.05) is 18.2 Å². The van der Waals surface area contributed by atoms with Gasteiger partial charge in [0.25, 0.3) is 5.91 Å². The number of amides is 4. The van der Waals surface area contributed by atoms with Crippen molar-refractivity contribution in [1.29, 1.82) is 0 Å². The second-order valence-corrected chi connectivity index (χ2v) is 6.62. The zero-order chi connectivity index (χ0) is 17.5. The third kappa shape index (κ3) is 2.86. The molecule has 1 saturated heterocycles. The molecule has 1 aromatic carbocycles. The van der Waals surface area contributed by atoms with Gasteiger partial charge in [-0.3, -0.25) is 14.5 Å². The van der Waals surface area contributed by atoms with Crippen LogP contribution in [0.25, 0.3) is 0 Å². The maximum Gasteiger partial charge on any atom is 0.325 e. The standard InChI is InChI=1S/C17H20FN3O3/c1-10(11-7-8-11)19-14(22)9-21-15(23)17(2,20-16(21)24)12-5-3-4-6-13(12)18/h3-6,10-11H,7-9H2,1-2H3,(H,19,22)(H,20,24)/t10-,17-/m1/s1. The van der Waals surface area contributed by atoms with Crippen molar-refractivity contribution in [2.24, 2.45) is 5.92 Å². The third-order valence-corrected chi connectivity index (χ3v) is 4.71. The van der Waals surface area contributed by atoms with E-state index in [1.54, 1.807) is 6.07 Å². The summed E-state index contributed by atoms with van der Waals surface area (Å²) in [4.78, 5) is 37.7. The van der Waals surface area contributed by atoms with Gasteiger partial charge in [0, 0.05) is 11.6 Å². The van der Waals surface area contributed by atoms with Gasteiger partial charge >= 0.3 is 6.03 Å². The Morgan fingerprint density at radius 1 is 1.42 bits per heavy atom. The summed E-state index contributed by atoms with van der Waals surface area (Å²) in [6.45, 7) is 2.98. The number of urea groups is 1. The third-order valence-electron chi connectivity index (χ3n) is 4.71. The van der Waals surface area contributed by atoms with Gasteiger partial charge in [0.2, 0.25) is 5.91 Å². The van der Waals surface area contributed by atoms with Gasteiger partial charge in [0.05, 0.1) is 0 Å². The lowest BCUT2D eigenvalue weighted by molar-refractivity contribution is -0.135. The molecule has 1 aliphatic heterocycles. The summed E-state index contributed by atoms with van der Waals surface area (Å²) < 4.78 is 14.0. The molecule has 1 saturated carbocycles. The van der Waals surface area contributed by atoms with Crippen molar-refractivity contribution >= 4 is 17.8 Å². The molecule has 1 aliphatic carbocycles. The molecule has 0 aromatic heterocycles. The van der Waals surface area contributed by atoms with E-state index in [-0.39, 0.29) is 18.2 Å². The smallest absolute Gasteiger partial charge is 0.325 e. The summed E-state index contributed by atoms with van der Waals surface area (Å²) in [5.74, 6) is -1.13. The van der Waals surface area contributed by atoms with E-state index in [9.17, 15) is 18.8 Å². The van der Waals surface area contributed by atoms with E-state index >= 15 is 0 Å². The highest BCUT2D eigenvalue weighted by atomic mass is 19.1. The lowest BCUT2D eigenvalue weighted by atomic mass is 9.91. The topological polar surface area (TPSA) is 78.5 Å². The first-order chi connectivity index (χ1) is 11.3. The minimum absolute atomic E-state index is 0.0243. The predicted molar refractivity (Wildman–Crippen MR) is 84.3 cm³/mol. The first-order valence-corrected chi connectivity index (χ1v) is 8.01. The van der Waals surface area contributed by atoms with Crippen LogP contribution in [0.4, 0.5) is 9.18 Å². The molecule has 4 amide bonds. The minimum Gasteiger partial charge on any atom is -0.352 e. The first-order valence-electron chi connectivity index (χ1n) is 8.01. The van der Waals surface area contributed by atoms with E-state index < -0.39 is 29.2 Å². The van der Waals surface area contributed by atoms with Crippen LogP contribution in [0.1, 0.15) is 32.3 Å². The predicted octanol–water partition coefficient (Wildman–Crippen LogP) is 1.51. The Morgan fingerprint density at radius 3 is 2.71 bits per heavy atom. The van der Waals surface area contributed by atoms with E-state index in [2.05, 4.69) is 10.6 Å². The molecule has 0 spiro atoms. The van der Waals surface area contributed by atoms with Crippen LogP contribution in [-0.4, -0.2) is 35.3 Å². The van der Waals surface area contributed by atoms with Gasteiger partial charge in [-0.05, 0) is 38.7 Å². The maximum absolute atomic E-state index is 14.0. The summed E-state index contributed by atoms with van der Waals surface area (Å²) in [7, 11) is 0. The van der Waals surface area contributed by atoms with E-state index in [0.717, 1.165) is 17.7 Å². The Morgan fingerprint density at radius 2 is 2.08 bits per heavy atom. The fourth-order valence-electron chi connectivity index (χ4n) is 3.05. The minimum atomic E-state index is -1.51. The van der Waals surface area contributed by atoms with E-state index in [0.29, 0.717) is 5.92 Å². The largest absolute Gasteiger partial charge is 0.352 e. The van der Waals surface area contributed by atoms with E-state index in [1.165, 1.54) is 25.1 Å². The second-order valence-electron chi connectivity index (χ2n) is 6.62. The average molecular weight is 333 g/mol. The highest BCUT2D eigenvalue weighted by Gasteiger charge is 2.50. The number of nitrogens with zero attached hydrogens (tertiary/aromatic N) is 1. The van der Waals surface area contributed by atoms with Crippen LogP contribution in [0.15, 0.2) is 24.3 Å². The molecule has 24 heavy (non-hydrogen) atoms. The summed E-state index contributed by atoms with van der Waals surface area (Å²) in [6, 6.07) is 5.11. The Labute approximate surface area is 139 Å². The molecular formula is C17H20FN3O3. The fourth-order valence-corrected chi connectivity index (χ4v) is 3.05. The average Bonchev–Trinajstić information content (AvgIpc) is 3.33. The maximum atomic E-state index is 14.0. The van der Waals surface area contributed by atoms with Crippen molar-refractivity contribution in [2.45, 2.75) is 38.3 Å². The molecule has 2 fully saturated rings. The number of carbonyl (C=O) groups excluding carboxylic acids is 3. The zero-order valence-electron chi connectivity index (χ0n) is 13.6. The number of hydrogen-bond acceptors (Lipinski definition) is 3. The lowest BCUT2D eigenvalue weighted by Gasteiger charge is -2.22. The molecule has 6 nitrogen and oxygen atoms in total. The van der Waals surface area contributed by atoms with Gasteiger partial charge in [-0.15, -0.1) is 0 Å². The lowest BCUT2D eigenvalue weighted by Crippen LogP contribution is -2.45. The molecule has 1 heterocycles. The first kappa shape index (κ1) is 16.4. The molecule has 1 aromatic rings. The van der Waals surface area contributed by atoms with Gasteiger partial charge in [0.1, 0.15) is 17.9 Å². The Kier molecular flexibility index (Phi) is 4.03. The van der Waals surface area contributed by atoms with Crippen molar-refractivity contribution in [2.75, 3.05) is 6.54 Å². The molecule has 0 unspecified atom stereocenters. The number of rotatable bonds is 5. The summed E-state index contributed by atoms with van der Waals surface area (Å²) in [5.41, 5.74) is -1.43. The molecule has 3 rings (SSSR count). The quantitative estimate of drug-likeness (QED) is 0.802. The second kappa shape index (κ2) is 5.89. The highest BCUT2D eigenvalue weighted by molar-refractivity contribution is 6.09. The van der Waals surface area contributed by atoms with Crippen molar-refractivity contribution in [3.8, 4) is 0 Å². The van der Waals surface area contributed by atoms with Gasteiger partial charge in [-0.25, -0.2) is 9.18 Å². The fraction of sp³-hybridized carbons (Fsp3) is 0.471. The normalized spacial score (nSPS) is 24.7. The molecular weight excluding hydrogens is 313 g/mol. The van der Waals surface area contributed by atoms with E-state index in [4.69, 9.17) is 0 Å². The number of halogens is 1. The van der Waals surface area contributed by atoms with Crippen LogP contribution in [0, 0.1) is 11.7 Å². The molecule has 2 atom stereocenters. The number of imide groups is 1. The van der Waals surface area contributed by atoms with Crippen molar-refractivity contribution < 1.29 is 18.8 Å². The van der Waals surface area contributed by atoms with Crippen LogP contribution in [-0.2, 0) is 15.1 Å². The van der Waals surface area contributed by atoms with E-state index in [1.807, 2.05) is 6.92 Å². The molecule has 0 bridgehead atoms. The van der Waals surface area contributed by atoms with Crippen LogP contribution in [0.5, 0.6) is 0 Å². The van der Waals surface area contributed by atoms with Gasteiger partial charge in [0.15, 0.2) is 0 Å². The number of benzene rings is 1. The van der Waals surface area contributed by atoms with Crippen molar-refractivity contribution in [3.63, 3.8) is 0 Å². The van der Waals surface area contributed by atoms with Crippen LogP contribution < -0.4 is 10.6 Å². The van der Waals surface area contributed by atoms with Crippen LogP contribution >= 0.6 is 0 Å². The monoisotopic (exact) mass is 333 g/mol. The molecule has 2 aliphatic rings. The summed E-state index contributed by atoms with van der Waals surface area (Å²) in [6.07, 6.45) is 2.16. The van der Waals surface area contributed by atoms with Gasteiger partial charge < -0.3 is 10.6 Å². The van der Waals surface area contributed by atoms with Crippen LogP contribution in [0.2, 0.25) is 0 Å². The van der Waals surface area contributed by atoms with Crippen molar-refractivity contribution in [1.82, 2.24) is 15.5 Å². The van der Waals surface area contributed by atoms with Gasteiger partial charge in [-0.2, -0.15) is 0 Å². The SMILES string of the molecule is C[C@@H](NC(=O)CN1C(=O)N[C@](C)(c2ccccc2F)C1=O)C1CC1.